The molecule has 2 nitrogen and oxygen atoms in total. The summed E-state index contributed by atoms with van der Waals surface area (Å²) in [6.45, 7) is 12.3. The van der Waals surface area contributed by atoms with Gasteiger partial charge in [0.15, 0.2) is 0 Å². The fourth-order valence-corrected chi connectivity index (χ4v) is 3.76. The normalized spacial score (nSPS) is 33.7. The van der Waals surface area contributed by atoms with Crippen molar-refractivity contribution in [2.45, 2.75) is 58.9 Å². The Hall–Kier alpha value is -0.0800. The highest BCUT2D eigenvalue weighted by Gasteiger charge is 2.31. The smallest absolute Gasteiger partial charge is 0.0107 e. The monoisotopic (exact) mass is 252 g/mol. The quantitative estimate of drug-likeness (QED) is 0.781. The average Bonchev–Trinajstić information content (AvgIpc) is 2.96. The van der Waals surface area contributed by atoms with E-state index >= 15 is 0 Å². The van der Waals surface area contributed by atoms with Crippen molar-refractivity contribution in [2.75, 3.05) is 26.2 Å². The average molecular weight is 252 g/mol. The van der Waals surface area contributed by atoms with Gasteiger partial charge in [-0.05, 0) is 56.5 Å². The maximum Gasteiger partial charge on any atom is 0.0107 e. The predicted molar refractivity (Wildman–Crippen MR) is 78.8 cm³/mol. The molecule has 0 bridgehead atoms. The van der Waals surface area contributed by atoms with E-state index in [2.05, 4.69) is 31.0 Å². The molecule has 1 N–H and O–H groups in total. The summed E-state index contributed by atoms with van der Waals surface area (Å²) in [5, 5.41) is 3.76. The molecule has 0 spiro atoms. The molecule has 2 heteroatoms. The van der Waals surface area contributed by atoms with E-state index in [0.29, 0.717) is 0 Å². The lowest BCUT2D eigenvalue weighted by atomic mass is 9.95. The lowest BCUT2D eigenvalue weighted by molar-refractivity contribution is 0.237. The summed E-state index contributed by atoms with van der Waals surface area (Å²) in [4.78, 5) is 2.74. The first-order valence-corrected chi connectivity index (χ1v) is 8.16. The second-order valence-electron chi connectivity index (χ2n) is 6.80. The van der Waals surface area contributed by atoms with Crippen LogP contribution in [-0.2, 0) is 0 Å². The van der Waals surface area contributed by atoms with E-state index in [1.54, 1.807) is 0 Å². The Bertz CT molecular complexity index is 239. The minimum Gasteiger partial charge on any atom is -0.314 e. The summed E-state index contributed by atoms with van der Waals surface area (Å²) in [5.74, 6) is 2.74. The maximum atomic E-state index is 3.76. The molecule has 3 unspecified atom stereocenters. The van der Waals surface area contributed by atoms with E-state index in [-0.39, 0.29) is 0 Å². The van der Waals surface area contributed by atoms with E-state index in [1.165, 1.54) is 58.3 Å². The Kier molecular flexibility index (Phi) is 5.50. The molecule has 0 radical (unpaired) electrons. The molecule has 1 aliphatic carbocycles. The van der Waals surface area contributed by atoms with Gasteiger partial charge in [-0.1, -0.05) is 27.2 Å². The molecular weight excluding hydrogens is 220 g/mol. The summed E-state index contributed by atoms with van der Waals surface area (Å²) >= 11 is 0. The first kappa shape index (κ1) is 14.3. The molecule has 1 saturated heterocycles. The predicted octanol–water partition coefficient (Wildman–Crippen LogP) is 3.13. The van der Waals surface area contributed by atoms with E-state index in [0.717, 1.165) is 23.8 Å². The number of hydrogen-bond donors (Lipinski definition) is 1. The van der Waals surface area contributed by atoms with Crippen molar-refractivity contribution in [2.24, 2.45) is 17.8 Å². The lowest BCUT2D eigenvalue weighted by Crippen LogP contribution is -2.39. The van der Waals surface area contributed by atoms with Crippen molar-refractivity contribution in [1.29, 1.82) is 0 Å². The third-order valence-electron chi connectivity index (χ3n) is 5.06. The number of nitrogens with zero attached hydrogens (tertiary/aromatic N) is 1. The third kappa shape index (κ3) is 3.71. The molecule has 0 aromatic heterocycles. The molecule has 0 aromatic carbocycles. The van der Waals surface area contributed by atoms with Crippen molar-refractivity contribution in [3.05, 3.63) is 0 Å². The fourth-order valence-electron chi connectivity index (χ4n) is 3.76. The van der Waals surface area contributed by atoms with Gasteiger partial charge in [-0.3, -0.25) is 0 Å². The largest absolute Gasteiger partial charge is 0.314 e. The van der Waals surface area contributed by atoms with Gasteiger partial charge >= 0.3 is 0 Å². The van der Waals surface area contributed by atoms with Crippen molar-refractivity contribution in [1.82, 2.24) is 10.2 Å². The molecule has 106 valence electrons. The van der Waals surface area contributed by atoms with Crippen LogP contribution >= 0.6 is 0 Å². The van der Waals surface area contributed by atoms with Gasteiger partial charge in [0.1, 0.15) is 0 Å². The van der Waals surface area contributed by atoms with E-state index in [4.69, 9.17) is 0 Å². The third-order valence-corrected chi connectivity index (χ3v) is 5.06. The molecular formula is C16H32N2. The van der Waals surface area contributed by atoms with Gasteiger partial charge < -0.3 is 10.2 Å². The number of rotatable bonds is 6. The molecule has 2 rings (SSSR count). The second kappa shape index (κ2) is 6.91. The number of nitrogens with one attached hydrogen (secondary N) is 1. The van der Waals surface area contributed by atoms with Gasteiger partial charge in [0, 0.05) is 19.1 Å². The minimum atomic E-state index is 0.808. The molecule has 0 amide bonds. The lowest BCUT2D eigenvalue weighted by Gasteiger charge is -2.26. The summed E-state index contributed by atoms with van der Waals surface area (Å²) in [6.07, 6.45) is 6.99. The standard InChI is InChI=1S/C16H32N2/c1-4-9-17-16-7-5-6-15(16)12-18-10-8-14(11-18)13(2)3/h13-17H,4-12H2,1-3H3. The Morgan fingerprint density at radius 2 is 2.06 bits per heavy atom. The van der Waals surface area contributed by atoms with Crippen molar-refractivity contribution in [3.63, 3.8) is 0 Å². The molecule has 0 aromatic rings. The van der Waals surface area contributed by atoms with Crippen LogP contribution in [0.4, 0.5) is 0 Å². The van der Waals surface area contributed by atoms with Crippen LogP contribution in [0.15, 0.2) is 0 Å². The van der Waals surface area contributed by atoms with Crippen molar-refractivity contribution < 1.29 is 0 Å². The molecule has 18 heavy (non-hydrogen) atoms. The van der Waals surface area contributed by atoms with Gasteiger partial charge in [0.05, 0.1) is 0 Å². The van der Waals surface area contributed by atoms with Crippen LogP contribution < -0.4 is 5.32 Å². The molecule has 2 fully saturated rings. The zero-order valence-corrected chi connectivity index (χ0v) is 12.6. The van der Waals surface area contributed by atoms with Gasteiger partial charge in [-0.2, -0.15) is 0 Å². The minimum absolute atomic E-state index is 0.808. The first-order valence-electron chi connectivity index (χ1n) is 8.16. The Morgan fingerprint density at radius 1 is 1.22 bits per heavy atom. The van der Waals surface area contributed by atoms with Crippen molar-refractivity contribution in [3.8, 4) is 0 Å². The summed E-state index contributed by atoms with van der Waals surface area (Å²) in [6, 6.07) is 0.808. The van der Waals surface area contributed by atoms with E-state index in [9.17, 15) is 0 Å². The zero-order chi connectivity index (χ0) is 13.0. The van der Waals surface area contributed by atoms with E-state index < -0.39 is 0 Å². The molecule has 1 saturated carbocycles. The van der Waals surface area contributed by atoms with Crippen LogP contribution in [0.2, 0.25) is 0 Å². The molecule has 1 aliphatic heterocycles. The van der Waals surface area contributed by atoms with Crippen LogP contribution in [0.1, 0.15) is 52.9 Å². The molecule has 1 heterocycles. The molecule has 3 atom stereocenters. The SMILES string of the molecule is CCCNC1CCCC1CN1CCC(C(C)C)C1. The number of hydrogen-bond acceptors (Lipinski definition) is 2. The van der Waals surface area contributed by atoms with Gasteiger partial charge in [0.25, 0.3) is 0 Å². The highest BCUT2D eigenvalue weighted by Crippen LogP contribution is 2.30. The fraction of sp³-hybridized carbons (Fsp3) is 1.00. The molecule has 2 aliphatic rings. The Balaban J connectivity index is 1.75. The van der Waals surface area contributed by atoms with Crippen LogP contribution in [0.3, 0.4) is 0 Å². The summed E-state index contributed by atoms with van der Waals surface area (Å²) in [7, 11) is 0. The first-order chi connectivity index (χ1) is 8.70. The van der Waals surface area contributed by atoms with Crippen molar-refractivity contribution >= 4 is 0 Å². The Morgan fingerprint density at radius 3 is 2.72 bits per heavy atom. The zero-order valence-electron chi connectivity index (χ0n) is 12.6. The number of likely N-dealkylation sites (tertiary alicyclic amines) is 1. The van der Waals surface area contributed by atoms with Crippen LogP contribution in [0.25, 0.3) is 0 Å². The van der Waals surface area contributed by atoms with Gasteiger partial charge in [0.2, 0.25) is 0 Å². The van der Waals surface area contributed by atoms with Crippen LogP contribution in [-0.4, -0.2) is 37.1 Å². The highest BCUT2D eigenvalue weighted by molar-refractivity contribution is 4.87. The van der Waals surface area contributed by atoms with Crippen LogP contribution in [0.5, 0.6) is 0 Å². The highest BCUT2D eigenvalue weighted by atomic mass is 15.2. The maximum absolute atomic E-state index is 3.76. The topological polar surface area (TPSA) is 15.3 Å². The van der Waals surface area contributed by atoms with Gasteiger partial charge in [-0.25, -0.2) is 0 Å². The summed E-state index contributed by atoms with van der Waals surface area (Å²) < 4.78 is 0. The summed E-state index contributed by atoms with van der Waals surface area (Å²) in [5.41, 5.74) is 0. The van der Waals surface area contributed by atoms with E-state index in [1.807, 2.05) is 0 Å². The van der Waals surface area contributed by atoms with Crippen LogP contribution in [0, 0.1) is 17.8 Å². The Labute approximate surface area is 114 Å². The second-order valence-corrected chi connectivity index (χ2v) is 6.80. The van der Waals surface area contributed by atoms with Gasteiger partial charge in [-0.15, -0.1) is 0 Å².